The molecule has 82 valence electrons. The highest BCUT2D eigenvalue weighted by molar-refractivity contribution is 4.84. The molecule has 1 N–H and O–H groups in total. The molecule has 0 aliphatic carbocycles. The Kier molecular flexibility index (Phi) is 3.10. The third kappa shape index (κ3) is 2.69. The number of ether oxygens (including phenoxy) is 1. The maximum absolute atomic E-state index is 5.70. The van der Waals surface area contributed by atoms with Gasteiger partial charge in [-0.05, 0) is 33.2 Å². The second-order valence-corrected chi connectivity index (χ2v) is 5.14. The number of morpholine rings is 1. The number of hydrogen-bond donors (Lipinski definition) is 1. The summed E-state index contributed by atoms with van der Waals surface area (Å²) in [4.78, 5) is 2.53. The molecule has 1 atom stereocenters. The van der Waals surface area contributed by atoms with Crippen LogP contribution < -0.4 is 5.32 Å². The van der Waals surface area contributed by atoms with Crippen LogP contribution in [0, 0.1) is 0 Å². The van der Waals surface area contributed by atoms with Gasteiger partial charge < -0.3 is 10.1 Å². The Morgan fingerprint density at radius 2 is 2.36 bits per heavy atom. The van der Waals surface area contributed by atoms with E-state index >= 15 is 0 Å². The summed E-state index contributed by atoms with van der Waals surface area (Å²) in [5.74, 6) is 0. The summed E-state index contributed by atoms with van der Waals surface area (Å²) < 4.78 is 5.70. The third-order valence-corrected chi connectivity index (χ3v) is 3.15. The monoisotopic (exact) mass is 198 g/mol. The average Bonchev–Trinajstić information content (AvgIpc) is 2.54. The normalized spacial score (nSPS) is 33.4. The van der Waals surface area contributed by atoms with Crippen molar-refractivity contribution in [1.29, 1.82) is 0 Å². The molecular formula is C11H22N2O. The highest BCUT2D eigenvalue weighted by atomic mass is 16.5. The van der Waals surface area contributed by atoms with E-state index in [0.29, 0.717) is 0 Å². The Labute approximate surface area is 86.8 Å². The van der Waals surface area contributed by atoms with Gasteiger partial charge in [0, 0.05) is 25.7 Å². The molecule has 0 radical (unpaired) electrons. The molecular weight excluding hydrogens is 176 g/mol. The molecule has 2 fully saturated rings. The van der Waals surface area contributed by atoms with Gasteiger partial charge in [-0.25, -0.2) is 0 Å². The zero-order valence-corrected chi connectivity index (χ0v) is 9.38. The highest BCUT2D eigenvalue weighted by Gasteiger charge is 2.28. The van der Waals surface area contributed by atoms with Crippen molar-refractivity contribution in [3.8, 4) is 0 Å². The van der Waals surface area contributed by atoms with E-state index in [1.54, 1.807) is 0 Å². The van der Waals surface area contributed by atoms with Crippen molar-refractivity contribution in [2.24, 2.45) is 0 Å². The minimum absolute atomic E-state index is 0.0524. The molecule has 0 unspecified atom stereocenters. The molecule has 0 spiro atoms. The van der Waals surface area contributed by atoms with E-state index in [9.17, 15) is 0 Å². The predicted octanol–water partition coefficient (Wildman–Crippen LogP) is 0.849. The first kappa shape index (κ1) is 10.4. The Morgan fingerprint density at radius 3 is 3.00 bits per heavy atom. The topological polar surface area (TPSA) is 24.5 Å². The molecule has 0 amide bonds. The van der Waals surface area contributed by atoms with Crippen LogP contribution in [0.4, 0.5) is 0 Å². The summed E-state index contributed by atoms with van der Waals surface area (Å²) in [6.45, 7) is 9.83. The summed E-state index contributed by atoms with van der Waals surface area (Å²) in [6, 6.07) is 0.726. The molecule has 0 aromatic carbocycles. The van der Waals surface area contributed by atoms with E-state index in [0.717, 1.165) is 25.7 Å². The standard InChI is InChI=1S/C11H22N2O/c1-11(2)9-13(6-7-14-11)8-10-4-3-5-12-10/h10,12H,3-9H2,1-2H3/t10-/m0/s1. The van der Waals surface area contributed by atoms with Gasteiger partial charge in [0.2, 0.25) is 0 Å². The van der Waals surface area contributed by atoms with Gasteiger partial charge >= 0.3 is 0 Å². The quantitative estimate of drug-likeness (QED) is 0.712. The van der Waals surface area contributed by atoms with Crippen LogP contribution in [0.25, 0.3) is 0 Å². The largest absolute Gasteiger partial charge is 0.373 e. The van der Waals surface area contributed by atoms with Crippen LogP contribution in [0.15, 0.2) is 0 Å². The zero-order valence-electron chi connectivity index (χ0n) is 9.38. The van der Waals surface area contributed by atoms with Gasteiger partial charge in [-0.3, -0.25) is 4.90 Å². The molecule has 2 aliphatic rings. The van der Waals surface area contributed by atoms with Gasteiger partial charge in [-0.15, -0.1) is 0 Å². The molecule has 3 nitrogen and oxygen atoms in total. The van der Waals surface area contributed by atoms with Gasteiger partial charge in [0.15, 0.2) is 0 Å². The van der Waals surface area contributed by atoms with Gasteiger partial charge in [0.05, 0.1) is 12.2 Å². The molecule has 14 heavy (non-hydrogen) atoms. The fourth-order valence-electron chi connectivity index (χ4n) is 2.49. The van der Waals surface area contributed by atoms with Crippen LogP contribution in [0.1, 0.15) is 26.7 Å². The lowest BCUT2D eigenvalue weighted by Gasteiger charge is -2.39. The van der Waals surface area contributed by atoms with E-state index < -0.39 is 0 Å². The summed E-state index contributed by atoms with van der Waals surface area (Å²) >= 11 is 0. The summed E-state index contributed by atoms with van der Waals surface area (Å²) in [5, 5.41) is 3.55. The van der Waals surface area contributed by atoms with Crippen LogP contribution in [-0.2, 0) is 4.74 Å². The number of nitrogens with one attached hydrogen (secondary N) is 1. The lowest BCUT2D eigenvalue weighted by atomic mass is 10.1. The van der Waals surface area contributed by atoms with Gasteiger partial charge in [-0.2, -0.15) is 0 Å². The number of rotatable bonds is 2. The maximum atomic E-state index is 5.70. The Bertz CT molecular complexity index is 188. The summed E-state index contributed by atoms with van der Waals surface area (Å²) in [7, 11) is 0. The lowest BCUT2D eigenvalue weighted by molar-refractivity contribution is -0.0872. The van der Waals surface area contributed by atoms with Gasteiger partial charge in [-0.1, -0.05) is 0 Å². The fourth-order valence-corrected chi connectivity index (χ4v) is 2.49. The Balaban J connectivity index is 1.79. The van der Waals surface area contributed by atoms with Crippen molar-refractivity contribution in [1.82, 2.24) is 10.2 Å². The van der Waals surface area contributed by atoms with E-state index in [-0.39, 0.29) is 5.60 Å². The SMILES string of the molecule is CC1(C)CN(C[C@@H]2CCCN2)CCO1. The maximum Gasteiger partial charge on any atom is 0.0753 e. The van der Waals surface area contributed by atoms with Crippen molar-refractivity contribution >= 4 is 0 Å². The minimum Gasteiger partial charge on any atom is -0.373 e. The number of nitrogens with zero attached hydrogens (tertiary/aromatic N) is 1. The summed E-state index contributed by atoms with van der Waals surface area (Å²) in [5.41, 5.74) is 0.0524. The van der Waals surface area contributed by atoms with Crippen LogP contribution in [0.5, 0.6) is 0 Å². The van der Waals surface area contributed by atoms with E-state index in [2.05, 4.69) is 24.1 Å². The van der Waals surface area contributed by atoms with Crippen LogP contribution >= 0.6 is 0 Å². The zero-order chi connectivity index (χ0) is 10.0. The Hall–Kier alpha value is -0.120. The van der Waals surface area contributed by atoms with Crippen molar-refractivity contribution in [3.05, 3.63) is 0 Å². The first-order valence-electron chi connectivity index (χ1n) is 5.75. The van der Waals surface area contributed by atoms with Crippen LogP contribution in [0.3, 0.4) is 0 Å². The van der Waals surface area contributed by atoms with Crippen LogP contribution in [-0.4, -0.2) is 49.3 Å². The molecule has 3 heteroatoms. The third-order valence-electron chi connectivity index (χ3n) is 3.15. The first-order valence-corrected chi connectivity index (χ1v) is 5.75. The molecule has 2 rings (SSSR count). The molecule has 0 bridgehead atoms. The van der Waals surface area contributed by atoms with E-state index in [4.69, 9.17) is 4.74 Å². The second-order valence-electron chi connectivity index (χ2n) is 5.14. The molecule has 0 aromatic heterocycles. The van der Waals surface area contributed by atoms with Crippen molar-refractivity contribution in [2.45, 2.75) is 38.3 Å². The molecule has 2 heterocycles. The predicted molar refractivity (Wildman–Crippen MR) is 57.5 cm³/mol. The van der Waals surface area contributed by atoms with Gasteiger partial charge in [0.1, 0.15) is 0 Å². The van der Waals surface area contributed by atoms with E-state index in [1.165, 1.54) is 25.9 Å². The minimum atomic E-state index is 0.0524. The lowest BCUT2D eigenvalue weighted by Crippen LogP contribution is -2.51. The van der Waals surface area contributed by atoms with E-state index in [1.807, 2.05) is 0 Å². The van der Waals surface area contributed by atoms with Gasteiger partial charge in [0.25, 0.3) is 0 Å². The fraction of sp³-hybridized carbons (Fsp3) is 1.00. The molecule has 0 aromatic rings. The summed E-state index contributed by atoms with van der Waals surface area (Å²) in [6.07, 6.45) is 2.69. The smallest absolute Gasteiger partial charge is 0.0753 e. The van der Waals surface area contributed by atoms with Crippen molar-refractivity contribution < 1.29 is 4.74 Å². The van der Waals surface area contributed by atoms with Crippen molar-refractivity contribution in [2.75, 3.05) is 32.8 Å². The number of hydrogen-bond acceptors (Lipinski definition) is 3. The first-order chi connectivity index (χ1) is 6.66. The molecule has 0 saturated carbocycles. The average molecular weight is 198 g/mol. The van der Waals surface area contributed by atoms with Crippen LogP contribution in [0.2, 0.25) is 0 Å². The van der Waals surface area contributed by atoms with Crippen molar-refractivity contribution in [3.63, 3.8) is 0 Å². The molecule has 2 saturated heterocycles. The Morgan fingerprint density at radius 1 is 1.50 bits per heavy atom. The highest BCUT2D eigenvalue weighted by Crippen LogP contribution is 2.17. The molecule has 2 aliphatic heterocycles. The second kappa shape index (κ2) is 4.17.